The van der Waals surface area contributed by atoms with Crippen molar-refractivity contribution in [1.29, 1.82) is 0 Å². The van der Waals surface area contributed by atoms with Gasteiger partial charge in [-0.2, -0.15) is 4.98 Å². The fraction of sp³-hybridized carbons (Fsp3) is 0.692. The summed E-state index contributed by atoms with van der Waals surface area (Å²) >= 11 is 6.23. The lowest BCUT2D eigenvalue weighted by atomic mass is 10.2. The number of nitrogens with one attached hydrogen (secondary N) is 1. The summed E-state index contributed by atoms with van der Waals surface area (Å²) in [4.78, 5) is 10.5. The average Bonchev–Trinajstić information content (AvgIpc) is 2.97. The van der Waals surface area contributed by atoms with Crippen molar-refractivity contribution in [1.82, 2.24) is 15.3 Å². The highest BCUT2D eigenvalue weighted by atomic mass is 35.5. The van der Waals surface area contributed by atoms with Gasteiger partial charge in [0, 0.05) is 26.2 Å². The molecule has 1 N–H and O–H groups in total. The van der Waals surface area contributed by atoms with E-state index in [-0.39, 0.29) is 0 Å². The molecule has 1 aliphatic rings. The molecule has 1 aromatic rings. The number of hydrogen-bond donors (Lipinski definition) is 1. The zero-order valence-corrected chi connectivity index (χ0v) is 12.7. The van der Waals surface area contributed by atoms with E-state index in [2.05, 4.69) is 20.2 Å². The Labute approximate surface area is 124 Å². The van der Waals surface area contributed by atoms with Crippen LogP contribution in [0.15, 0.2) is 6.20 Å². The Morgan fingerprint density at radius 2 is 2.35 bits per heavy atom. The van der Waals surface area contributed by atoms with Gasteiger partial charge in [0.05, 0.1) is 19.9 Å². The van der Waals surface area contributed by atoms with Gasteiger partial charge >= 0.3 is 6.01 Å². The zero-order valence-electron chi connectivity index (χ0n) is 11.9. The standard InChI is InChI=1S/C13H21ClN4O2/c1-19-7-6-18(9-10-4-3-5-15-10)12-11(14)8-16-13(17-12)20-2/h8,10,15H,3-7,9H2,1-2H3. The van der Waals surface area contributed by atoms with Crippen molar-refractivity contribution in [3.05, 3.63) is 11.2 Å². The highest BCUT2D eigenvalue weighted by molar-refractivity contribution is 6.32. The minimum Gasteiger partial charge on any atom is -0.467 e. The number of nitrogens with zero attached hydrogens (tertiary/aromatic N) is 3. The van der Waals surface area contributed by atoms with Crippen molar-refractivity contribution in [3.63, 3.8) is 0 Å². The largest absolute Gasteiger partial charge is 0.467 e. The summed E-state index contributed by atoms with van der Waals surface area (Å²) in [6.45, 7) is 3.27. The summed E-state index contributed by atoms with van der Waals surface area (Å²) in [5, 5.41) is 4.01. The van der Waals surface area contributed by atoms with Crippen molar-refractivity contribution < 1.29 is 9.47 Å². The molecule has 112 valence electrons. The molecule has 2 rings (SSSR count). The van der Waals surface area contributed by atoms with Gasteiger partial charge in [0.2, 0.25) is 0 Å². The van der Waals surface area contributed by atoms with E-state index in [1.807, 2.05) is 0 Å². The topological polar surface area (TPSA) is 59.5 Å². The van der Waals surface area contributed by atoms with Crippen LogP contribution < -0.4 is 15.0 Å². The first-order valence-electron chi connectivity index (χ1n) is 6.78. The zero-order chi connectivity index (χ0) is 14.4. The van der Waals surface area contributed by atoms with E-state index in [0.29, 0.717) is 29.5 Å². The second-order valence-electron chi connectivity index (χ2n) is 4.76. The second-order valence-corrected chi connectivity index (χ2v) is 5.17. The van der Waals surface area contributed by atoms with Crippen LogP contribution in [0.5, 0.6) is 6.01 Å². The van der Waals surface area contributed by atoms with E-state index in [0.717, 1.165) is 19.6 Å². The SMILES string of the molecule is COCCN(CC1CCCN1)c1nc(OC)ncc1Cl. The molecule has 1 aromatic heterocycles. The van der Waals surface area contributed by atoms with Crippen molar-refractivity contribution >= 4 is 17.4 Å². The molecular formula is C13H21ClN4O2. The van der Waals surface area contributed by atoms with Crippen molar-refractivity contribution in [2.45, 2.75) is 18.9 Å². The van der Waals surface area contributed by atoms with Crippen LogP contribution in [0.3, 0.4) is 0 Å². The molecule has 1 saturated heterocycles. The van der Waals surface area contributed by atoms with Crippen LogP contribution in [-0.4, -0.2) is 56.5 Å². The fourth-order valence-corrected chi connectivity index (χ4v) is 2.54. The van der Waals surface area contributed by atoms with Crippen molar-refractivity contribution in [3.8, 4) is 6.01 Å². The molecule has 0 radical (unpaired) electrons. The Balaban J connectivity index is 2.15. The first-order valence-corrected chi connectivity index (χ1v) is 7.16. The monoisotopic (exact) mass is 300 g/mol. The van der Waals surface area contributed by atoms with Gasteiger partial charge in [-0.1, -0.05) is 11.6 Å². The van der Waals surface area contributed by atoms with Crippen LogP contribution in [0, 0.1) is 0 Å². The summed E-state index contributed by atoms with van der Waals surface area (Å²) < 4.78 is 10.3. The van der Waals surface area contributed by atoms with Gasteiger partial charge in [-0.3, -0.25) is 0 Å². The predicted molar refractivity (Wildman–Crippen MR) is 78.7 cm³/mol. The van der Waals surface area contributed by atoms with Gasteiger partial charge in [0.1, 0.15) is 5.02 Å². The number of rotatable bonds is 7. The van der Waals surface area contributed by atoms with Gasteiger partial charge < -0.3 is 19.7 Å². The maximum Gasteiger partial charge on any atom is 0.318 e. The Bertz CT molecular complexity index is 427. The van der Waals surface area contributed by atoms with Crippen LogP contribution in [0.25, 0.3) is 0 Å². The van der Waals surface area contributed by atoms with Crippen LogP contribution in [0.1, 0.15) is 12.8 Å². The van der Waals surface area contributed by atoms with Crippen LogP contribution in [0.4, 0.5) is 5.82 Å². The first-order chi connectivity index (χ1) is 9.74. The molecule has 20 heavy (non-hydrogen) atoms. The van der Waals surface area contributed by atoms with Gasteiger partial charge in [-0.25, -0.2) is 4.98 Å². The summed E-state index contributed by atoms with van der Waals surface area (Å²) in [5.41, 5.74) is 0. The lowest BCUT2D eigenvalue weighted by molar-refractivity contribution is 0.204. The molecule has 1 fully saturated rings. The molecule has 7 heteroatoms. The maximum atomic E-state index is 6.23. The number of hydrogen-bond acceptors (Lipinski definition) is 6. The summed E-state index contributed by atoms with van der Waals surface area (Å²) in [5.74, 6) is 0.698. The van der Waals surface area contributed by atoms with E-state index in [4.69, 9.17) is 21.1 Å². The van der Waals surface area contributed by atoms with Gasteiger partial charge in [0.25, 0.3) is 0 Å². The number of halogens is 1. The van der Waals surface area contributed by atoms with Gasteiger partial charge in [0.15, 0.2) is 5.82 Å². The minimum atomic E-state index is 0.325. The number of aromatic nitrogens is 2. The molecule has 0 amide bonds. The lowest BCUT2D eigenvalue weighted by Gasteiger charge is -2.27. The number of anilines is 1. The van der Waals surface area contributed by atoms with Crippen LogP contribution in [0.2, 0.25) is 5.02 Å². The quantitative estimate of drug-likeness (QED) is 0.820. The van der Waals surface area contributed by atoms with Crippen LogP contribution in [-0.2, 0) is 4.74 Å². The Morgan fingerprint density at radius 3 is 3.00 bits per heavy atom. The minimum absolute atomic E-state index is 0.325. The molecule has 0 bridgehead atoms. The third-order valence-electron chi connectivity index (χ3n) is 3.35. The Morgan fingerprint density at radius 1 is 1.50 bits per heavy atom. The maximum absolute atomic E-state index is 6.23. The smallest absolute Gasteiger partial charge is 0.318 e. The molecule has 1 unspecified atom stereocenters. The first kappa shape index (κ1) is 15.3. The van der Waals surface area contributed by atoms with E-state index in [9.17, 15) is 0 Å². The second kappa shape index (κ2) is 7.61. The van der Waals surface area contributed by atoms with Crippen molar-refractivity contribution in [2.24, 2.45) is 0 Å². The highest BCUT2D eigenvalue weighted by Gasteiger charge is 2.21. The molecule has 0 aliphatic carbocycles. The lowest BCUT2D eigenvalue weighted by Crippen LogP contribution is -2.40. The average molecular weight is 301 g/mol. The van der Waals surface area contributed by atoms with Gasteiger partial charge in [-0.15, -0.1) is 0 Å². The van der Waals surface area contributed by atoms with Crippen LogP contribution >= 0.6 is 11.6 Å². The van der Waals surface area contributed by atoms with E-state index in [1.54, 1.807) is 20.4 Å². The molecule has 6 nitrogen and oxygen atoms in total. The molecule has 2 heterocycles. The molecule has 1 atom stereocenters. The molecule has 0 spiro atoms. The summed E-state index contributed by atoms with van der Waals surface area (Å²) in [7, 11) is 3.24. The third kappa shape index (κ3) is 3.94. The Kier molecular flexibility index (Phi) is 5.82. The molecular weight excluding hydrogens is 280 g/mol. The fourth-order valence-electron chi connectivity index (χ4n) is 2.33. The number of methoxy groups -OCH3 is 2. The number of ether oxygens (including phenoxy) is 2. The molecule has 0 aromatic carbocycles. The Hall–Kier alpha value is -1.11. The highest BCUT2D eigenvalue weighted by Crippen LogP contribution is 2.25. The van der Waals surface area contributed by atoms with E-state index >= 15 is 0 Å². The van der Waals surface area contributed by atoms with Gasteiger partial charge in [-0.05, 0) is 19.4 Å². The third-order valence-corrected chi connectivity index (χ3v) is 3.62. The molecule has 1 aliphatic heterocycles. The van der Waals surface area contributed by atoms with Crippen molar-refractivity contribution in [2.75, 3.05) is 45.4 Å². The predicted octanol–water partition coefficient (Wildman–Crippen LogP) is 1.34. The summed E-state index contributed by atoms with van der Waals surface area (Å²) in [6, 6.07) is 0.787. The summed E-state index contributed by atoms with van der Waals surface area (Å²) in [6.07, 6.45) is 3.96. The normalized spacial score (nSPS) is 18.2. The molecule has 0 saturated carbocycles. The van der Waals surface area contributed by atoms with E-state index < -0.39 is 0 Å². The van der Waals surface area contributed by atoms with E-state index in [1.165, 1.54) is 12.8 Å².